The third-order valence-electron chi connectivity index (χ3n) is 4.27. The van der Waals surface area contributed by atoms with Gasteiger partial charge in [-0.15, -0.1) is 0 Å². The lowest BCUT2D eigenvalue weighted by molar-refractivity contribution is 0.0435. The van der Waals surface area contributed by atoms with Crippen LogP contribution >= 0.6 is 0 Å². The van der Waals surface area contributed by atoms with Crippen molar-refractivity contribution in [1.29, 1.82) is 0 Å². The number of fused-ring (bicyclic) bond motifs is 1. The second-order valence-electron chi connectivity index (χ2n) is 5.85. The van der Waals surface area contributed by atoms with Gasteiger partial charge >= 0.3 is 0 Å². The van der Waals surface area contributed by atoms with Crippen molar-refractivity contribution in [1.82, 2.24) is 10.4 Å². The molecule has 110 valence electrons. The van der Waals surface area contributed by atoms with E-state index in [-0.39, 0.29) is 0 Å². The topological polar surface area (TPSA) is 33.7 Å². The van der Waals surface area contributed by atoms with E-state index in [4.69, 9.17) is 9.47 Å². The molecular weight excluding hydrogens is 252 g/mol. The van der Waals surface area contributed by atoms with Crippen LogP contribution in [0.15, 0.2) is 18.2 Å². The molecule has 1 N–H and O–H groups in total. The van der Waals surface area contributed by atoms with Crippen LogP contribution in [0.4, 0.5) is 0 Å². The molecule has 0 aliphatic carbocycles. The summed E-state index contributed by atoms with van der Waals surface area (Å²) in [4.78, 5) is 0. The van der Waals surface area contributed by atoms with Crippen LogP contribution in [-0.4, -0.2) is 30.3 Å². The van der Waals surface area contributed by atoms with E-state index < -0.39 is 0 Å². The van der Waals surface area contributed by atoms with Gasteiger partial charge in [0.15, 0.2) is 11.5 Å². The van der Waals surface area contributed by atoms with Gasteiger partial charge in [0.25, 0.3) is 0 Å². The van der Waals surface area contributed by atoms with Gasteiger partial charge in [-0.1, -0.05) is 12.5 Å². The summed E-state index contributed by atoms with van der Waals surface area (Å²) in [6.45, 7) is 6.72. The van der Waals surface area contributed by atoms with Crippen LogP contribution in [0.25, 0.3) is 0 Å². The lowest BCUT2D eigenvalue weighted by atomic mass is 10.00. The second kappa shape index (κ2) is 6.02. The molecule has 2 atom stereocenters. The van der Waals surface area contributed by atoms with Crippen LogP contribution in [0.5, 0.6) is 11.5 Å². The van der Waals surface area contributed by atoms with Crippen molar-refractivity contribution in [2.24, 2.45) is 0 Å². The lowest BCUT2D eigenvalue weighted by Crippen LogP contribution is -2.51. The van der Waals surface area contributed by atoms with E-state index in [1.807, 2.05) is 6.07 Å². The monoisotopic (exact) mass is 276 g/mol. The zero-order chi connectivity index (χ0) is 13.9. The Morgan fingerprint density at radius 2 is 1.80 bits per heavy atom. The molecule has 4 nitrogen and oxygen atoms in total. The number of piperidine rings is 1. The highest BCUT2D eigenvalue weighted by Gasteiger charge is 2.24. The number of hydrogen-bond acceptors (Lipinski definition) is 4. The number of hydrazine groups is 1. The predicted octanol–water partition coefficient (Wildman–Crippen LogP) is 2.73. The molecule has 20 heavy (non-hydrogen) atoms. The Morgan fingerprint density at radius 1 is 1.10 bits per heavy atom. The van der Waals surface area contributed by atoms with Gasteiger partial charge < -0.3 is 9.47 Å². The van der Waals surface area contributed by atoms with Gasteiger partial charge in [0.05, 0.1) is 0 Å². The third-order valence-corrected chi connectivity index (χ3v) is 4.27. The molecule has 2 aliphatic heterocycles. The fourth-order valence-electron chi connectivity index (χ4n) is 3.11. The summed E-state index contributed by atoms with van der Waals surface area (Å²) in [6.07, 6.45) is 3.89. The van der Waals surface area contributed by atoms with E-state index in [1.54, 1.807) is 0 Å². The summed E-state index contributed by atoms with van der Waals surface area (Å²) in [5.74, 6) is 1.73. The van der Waals surface area contributed by atoms with E-state index in [2.05, 4.69) is 36.4 Å². The fraction of sp³-hybridized carbons (Fsp3) is 0.625. The van der Waals surface area contributed by atoms with Gasteiger partial charge in [-0.3, -0.25) is 5.43 Å². The quantitative estimate of drug-likeness (QED) is 0.920. The molecule has 4 heteroatoms. The minimum atomic E-state index is 0.607. The maximum Gasteiger partial charge on any atom is 0.161 e. The van der Waals surface area contributed by atoms with Crippen molar-refractivity contribution in [2.75, 3.05) is 13.2 Å². The average molecular weight is 276 g/mol. The summed E-state index contributed by atoms with van der Waals surface area (Å²) in [5, 5.41) is 2.40. The highest BCUT2D eigenvalue weighted by molar-refractivity contribution is 5.43. The normalized spacial score (nSPS) is 26.5. The number of nitrogens with zero attached hydrogens (tertiary/aromatic N) is 1. The molecule has 0 aromatic heterocycles. The number of benzene rings is 1. The lowest BCUT2D eigenvalue weighted by Gasteiger charge is -2.39. The van der Waals surface area contributed by atoms with Crippen LogP contribution in [0.1, 0.15) is 38.7 Å². The molecule has 2 aliphatic rings. The maximum absolute atomic E-state index is 5.63. The van der Waals surface area contributed by atoms with E-state index in [0.717, 1.165) is 18.0 Å². The van der Waals surface area contributed by atoms with Gasteiger partial charge in [0.1, 0.15) is 13.2 Å². The Bertz CT molecular complexity index is 454. The molecule has 0 radical (unpaired) electrons. The van der Waals surface area contributed by atoms with Crippen LogP contribution in [-0.2, 0) is 6.54 Å². The van der Waals surface area contributed by atoms with Crippen molar-refractivity contribution in [3.63, 3.8) is 0 Å². The molecule has 1 aromatic carbocycles. The Hall–Kier alpha value is -1.26. The zero-order valence-corrected chi connectivity index (χ0v) is 12.4. The standard InChI is InChI=1S/C16H24N2O2/c1-12-4-3-5-13(2)18(12)17-11-14-6-7-15-16(10-14)20-9-8-19-15/h6-7,10,12-13,17H,3-5,8-9,11H2,1-2H3. The number of ether oxygens (including phenoxy) is 2. The van der Waals surface area contributed by atoms with Crippen molar-refractivity contribution >= 4 is 0 Å². The summed E-state index contributed by atoms with van der Waals surface area (Å²) in [6, 6.07) is 7.42. The molecule has 0 spiro atoms. The van der Waals surface area contributed by atoms with Gasteiger partial charge in [-0.2, -0.15) is 0 Å². The van der Waals surface area contributed by atoms with Gasteiger partial charge in [-0.05, 0) is 44.4 Å². The first-order valence-corrected chi connectivity index (χ1v) is 7.64. The van der Waals surface area contributed by atoms with E-state index in [1.165, 1.54) is 24.8 Å². The fourth-order valence-corrected chi connectivity index (χ4v) is 3.11. The molecule has 2 unspecified atom stereocenters. The Balaban J connectivity index is 1.63. The highest BCUT2D eigenvalue weighted by atomic mass is 16.6. The maximum atomic E-state index is 5.63. The number of hydrogen-bond donors (Lipinski definition) is 1. The third kappa shape index (κ3) is 2.91. The molecule has 2 heterocycles. The molecule has 1 aromatic rings. The second-order valence-corrected chi connectivity index (χ2v) is 5.85. The van der Waals surface area contributed by atoms with Crippen molar-refractivity contribution < 1.29 is 9.47 Å². The molecule has 1 fully saturated rings. The first-order valence-electron chi connectivity index (χ1n) is 7.64. The molecule has 0 amide bonds. The number of rotatable bonds is 3. The Labute approximate surface area is 121 Å². The first-order chi connectivity index (χ1) is 9.74. The van der Waals surface area contributed by atoms with E-state index in [9.17, 15) is 0 Å². The van der Waals surface area contributed by atoms with Gasteiger partial charge in [-0.25, -0.2) is 5.01 Å². The summed E-state index contributed by atoms with van der Waals surface area (Å²) < 4.78 is 11.2. The van der Waals surface area contributed by atoms with Gasteiger partial charge in [0, 0.05) is 18.6 Å². The van der Waals surface area contributed by atoms with Crippen molar-refractivity contribution in [3.05, 3.63) is 23.8 Å². The van der Waals surface area contributed by atoms with Gasteiger partial charge in [0.2, 0.25) is 0 Å². The largest absolute Gasteiger partial charge is 0.486 e. The molecule has 3 rings (SSSR count). The van der Waals surface area contributed by atoms with Crippen LogP contribution in [0, 0.1) is 0 Å². The van der Waals surface area contributed by atoms with E-state index >= 15 is 0 Å². The Kier molecular flexibility index (Phi) is 4.13. The summed E-state index contributed by atoms with van der Waals surface area (Å²) in [7, 11) is 0. The predicted molar refractivity (Wildman–Crippen MR) is 78.9 cm³/mol. The minimum Gasteiger partial charge on any atom is -0.486 e. The minimum absolute atomic E-state index is 0.607. The van der Waals surface area contributed by atoms with Crippen molar-refractivity contribution in [3.8, 4) is 11.5 Å². The summed E-state index contributed by atoms with van der Waals surface area (Å²) >= 11 is 0. The highest BCUT2D eigenvalue weighted by Crippen LogP contribution is 2.30. The van der Waals surface area contributed by atoms with E-state index in [0.29, 0.717) is 25.3 Å². The zero-order valence-electron chi connectivity index (χ0n) is 12.4. The molecule has 0 saturated carbocycles. The van der Waals surface area contributed by atoms with Crippen LogP contribution < -0.4 is 14.9 Å². The average Bonchev–Trinajstić information content (AvgIpc) is 2.46. The molecule has 0 bridgehead atoms. The molecular formula is C16H24N2O2. The Morgan fingerprint density at radius 3 is 2.55 bits per heavy atom. The first kappa shape index (κ1) is 13.7. The van der Waals surface area contributed by atoms with Crippen LogP contribution in [0.3, 0.4) is 0 Å². The smallest absolute Gasteiger partial charge is 0.161 e. The number of nitrogens with one attached hydrogen (secondary N) is 1. The SMILES string of the molecule is CC1CCCC(C)N1NCc1ccc2c(c1)OCCO2. The van der Waals surface area contributed by atoms with Crippen LogP contribution in [0.2, 0.25) is 0 Å². The summed E-state index contributed by atoms with van der Waals surface area (Å²) in [5.41, 5.74) is 4.82. The van der Waals surface area contributed by atoms with Crippen molar-refractivity contribution in [2.45, 2.75) is 51.7 Å². The molecule has 1 saturated heterocycles.